The second-order valence-electron chi connectivity index (χ2n) is 1.82. The standard InChI is InChI=1S/2C3H8O.O.Ti/c1-3(2)4;1-2-3-4;;/h3-4H,1-2H3;4H,2-3H2,1H3;;. The zero-order chi connectivity index (χ0) is 8.99. The minimum atomic E-state index is -0.167. The van der Waals surface area contributed by atoms with Gasteiger partial charge in [0.1, 0.15) is 0 Å². The quantitative estimate of drug-likeness (QED) is 0.588. The molecule has 0 fully saturated rings. The van der Waals surface area contributed by atoms with Gasteiger partial charge in [-0.3, -0.25) is 0 Å². The summed E-state index contributed by atoms with van der Waals surface area (Å²) in [6.45, 7) is 5.69. The van der Waals surface area contributed by atoms with Crippen molar-refractivity contribution in [2.75, 3.05) is 6.61 Å². The predicted octanol–water partition coefficient (Wildman–Crippen LogP) is 0.655. The topological polar surface area (TPSA) is 57.5 Å². The van der Waals surface area contributed by atoms with Gasteiger partial charge in [-0.05, 0) is 20.3 Å². The Kier molecular flexibility index (Phi) is 38.2. The summed E-state index contributed by atoms with van der Waals surface area (Å²) in [5.41, 5.74) is 0. The van der Waals surface area contributed by atoms with E-state index in [2.05, 4.69) is 0 Å². The zero-order valence-electron chi connectivity index (χ0n) is 6.79. The number of hydrogen-bond donors (Lipinski definition) is 2. The molecule has 0 saturated heterocycles. The Hall–Kier alpha value is 0.434. The first-order valence-electron chi connectivity index (χ1n) is 3.14. The Bertz CT molecular complexity index is 37.2. The molecule has 10 heavy (non-hydrogen) atoms. The second kappa shape index (κ2) is 22.7. The molecule has 0 aromatic rings. The van der Waals surface area contributed by atoms with E-state index >= 15 is 0 Å². The average molecular weight is 184 g/mol. The van der Waals surface area contributed by atoms with Gasteiger partial charge < -0.3 is 10.2 Å². The van der Waals surface area contributed by atoms with Crippen LogP contribution in [0.2, 0.25) is 0 Å². The minimum absolute atomic E-state index is 0.167. The van der Waals surface area contributed by atoms with Gasteiger partial charge in [0.2, 0.25) is 0 Å². The van der Waals surface area contributed by atoms with Crippen LogP contribution in [0, 0.1) is 0 Å². The van der Waals surface area contributed by atoms with Crippen molar-refractivity contribution in [2.24, 2.45) is 0 Å². The monoisotopic (exact) mass is 184 g/mol. The van der Waals surface area contributed by atoms with Crippen molar-refractivity contribution in [3.63, 3.8) is 0 Å². The third-order valence-electron chi connectivity index (χ3n) is 0.224. The number of rotatable bonds is 1. The molecule has 0 aromatic heterocycles. The van der Waals surface area contributed by atoms with Crippen molar-refractivity contribution in [1.82, 2.24) is 0 Å². The van der Waals surface area contributed by atoms with Crippen molar-refractivity contribution in [3.05, 3.63) is 0 Å². The van der Waals surface area contributed by atoms with Crippen LogP contribution in [0.15, 0.2) is 0 Å². The predicted molar refractivity (Wildman–Crippen MR) is 35.4 cm³/mol. The molecular weight excluding hydrogens is 168 g/mol. The number of aliphatic hydroxyl groups is 2. The van der Waals surface area contributed by atoms with Crippen molar-refractivity contribution in [1.29, 1.82) is 0 Å². The van der Waals surface area contributed by atoms with E-state index < -0.39 is 0 Å². The van der Waals surface area contributed by atoms with E-state index in [1.165, 1.54) is 0 Å². The molecule has 62 valence electrons. The SMILES string of the molecule is CC(C)O.CCCO.[O]=[Ti]. The zero-order valence-corrected chi connectivity index (χ0v) is 8.36. The van der Waals surface area contributed by atoms with Gasteiger partial charge in [-0.2, -0.15) is 0 Å². The summed E-state index contributed by atoms with van der Waals surface area (Å²) in [6.07, 6.45) is 0.708. The summed E-state index contributed by atoms with van der Waals surface area (Å²) in [6, 6.07) is 0. The molecule has 0 bridgehead atoms. The van der Waals surface area contributed by atoms with Crippen LogP contribution >= 0.6 is 0 Å². The molecule has 0 spiro atoms. The molecule has 0 aliphatic rings. The molecule has 0 aliphatic heterocycles. The van der Waals surface area contributed by atoms with Crippen LogP contribution in [-0.2, 0) is 23.7 Å². The van der Waals surface area contributed by atoms with Crippen molar-refractivity contribution in [2.45, 2.75) is 33.3 Å². The maximum absolute atomic E-state index is 8.25. The van der Waals surface area contributed by atoms with Crippen LogP contribution in [0.4, 0.5) is 0 Å². The molecule has 2 N–H and O–H groups in total. The number of aliphatic hydroxyl groups excluding tert-OH is 2. The van der Waals surface area contributed by atoms with E-state index in [-0.39, 0.29) is 6.10 Å². The molecule has 0 atom stereocenters. The fourth-order valence-corrected chi connectivity index (χ4v) is 0. The first-order chi connectivity index (χ1) is 4.65. The molecule has 0 heterocycles. The van der Waals surface area contributed by atoms with E-state index in [1.807, 2.05) is 6.92 Å². The molecular formula is C6H16O3Ti. The molecule has 3 nitrogen and oxygen atoms in total. The van der Waals surface area contributed by atoms with E-state index in [9.17, 15) is 0 Å². The first kappa shape index (κ1) is 16.8. The molecule has 0 rings (SSSR count). The second-order valence-corrected chi connectivity index (χ2v) is 1.82. The van der Waals surface area contributed by atoms with E-state index in [0.29, 0.717) is 6.61 Å². The van der Waals surface area contributed by atoms with Crippen LogP contribution in [-0.4, -0.2) is 22.9 Å². The molecule has 0 radical (unpaired) electrons. The van der Waals surface area contributed by atoms with Gasteiger partial charge in [0.05, 0.1) is 0 Å². The molecule has 0 unspecified atom stereocenters. The van der Waals surface area contributed by atoms with Gasteiger partial charge in [-0.25, -0.2) is 0 Å². The molecule has 4 heteroatoms. The summed E-state index contributed by atoms with van der Waals surface area (Å²) >= 11 is 0.750. The Morgan fingerprint density at radius 3 is 1.50 bits per heavy atom. The summed E-state index contributed by atoms with van der Waals surface area (Å²) < 4.78 is 8.25. The van der Waals surface area contributed by atoms with Gasteiger partial charge in [0, 0.05) is 12.7 Å². The molecule has 0 saturated carbocycles. The Labute approximate surface area is 74.2 Å². The van der Waals surface area contributed by atoms with E-state index in [4.69, 9.17) is 13.5 Å². The van der Waals surface area contributed by atoms with Crippen LogP contribution in [0.1, 0.15) is 27.2 Å². The van der Waals surface area contributed by atoms with Crippen molar-refractivity contribution < 1.29 is 33.9 Å². The van der Waals surface area contributed by atoms with Gasteiger partial charge >= 0.3 is 23.7 Å². The summed E-state index contributed by atoms with van der Waals surface area (Å²) in [7, 11) is 0. The molecule has 0 aliphatic carbocycles. The summed E-state index contributed by atoms with van der Waals surface area (Å²) in [4.78, 5) is 0. The summed E-state index contributed by atoms with van der Waals surface area (Å²) in [5.74, 6) is 0. The van der Waals surface area contributed by atoms with E-state index in [0.717, 1.165) is 26.8 Å². The van der Waals surface area contributed by atoms with E-state index in [1.54, 1.807) is 13.8 Å². The van der Waals surface area contributed by atoms with Gasteiger partial charge in [0.15, 0.2) is 0 Å². The third kappa shape index (κ3) is 227. The van der Waals surface area contributed by atoms with Gasteiger partial charge in [-0.1, -0.05) is 6.92 Å². The fraction of sp³-hybridized carbons (Fsp3) is 1.00. The molecule has 0 amide bonds. The average Bonchev–Trinajstić information content (AvgIpc) is 1.91. The number of hydrogen-bond acceptors (Lipinski definition) is 3. The van der Waals surface area contributed by atoms with Gasteiger partial charge in [-0.15, -0.1) is 0 Å². The van der Waals surface area contributed by atoms with Crippen LogP contribution in [0.25, 0.3) is 0 Å². The van der Waals surface area contributed by atoms with Crippen LogP contribution in [0.3, 0.4) is 0 Å². The summed E-state index contributed by atoms with van der Waals surface area (Å²) in [5, 5.41) is 15.9. The third-order valence-corrected chi connectivity index (χ3v) is 0.224. The van der Waals surface area contributed by atoms with Crippen molar-refractivity contribution in [3.8, 4) is 0 Å². The fourth-order valence-electron chi connectivity index (χ4n) is 0. The normalized spacial score (nSPS) is 6.90. The van der Waals surface area contributed by atoms with Crippen molar-refractivity contribution >= 4 is 0 Å². The first-order valence-corrected chi connectivity index (χ1v) is 3.78. The van der Waals surface area contributed by atoms with Crippen LogP contribution < -0.4 is 0 Å². The maximum atomic E-state index is 8.25. The Morgan fingerprint density at radius 1 is 1.40 bits per heavy atom. The van der Waals surface area contributed by atoms with Crippen LogP contribution in [0.5, 0.6) is 0 Å². The Morgan fingerprint density at radius 2 is 1.50 bits per heavy atom. The Balaban J connectivity index is -0.0000000787. The molecule has 0 aromatic carbocycles. The van der Waals surface area contributed by atoms with Gasteiger partial charge in [0.25, 0.3) is 0 Å².